The molecule has 2 aliphatic rings. The second-order valence-corrected chi connectivity index (χ2v) is 6.12. The number of halogens is 1. The first kappa shape index (κ1) is 15.2. The van der Waals surface area contributed by atoms with Gasteiger partial charge in [-0.3, -0.25) is 0 Å². The molecule has 22 heavy (non-hydrogen) atoms. The molecule has 0 spiro atoms. The van der Waals surface area contributed by atoms with Crippen LogP contribution < -0.4 is 10.6 Å². The van der Waals surface area contributed by atoms with Crippen LogP contribution in [-0.4, -0.2) is 18.2 Å². The molecule has 0 saturated heterocycles. The number of benzene rings is 1. The summed E-state index contributed by atoms with van der Waals surface area (Å²) in [6.45, 7) is 1.61. The zero-order valence-corrected chi connectivity index (χ0v) is 13.3. The predicted molar refractivity (Wildman–Crippen MR) is 92.1 cm³/mol. The number of aliphatic hydroxyl groups excluding tert-OH is 1. The number of nitrogens with two attached hydrogens (primary N) is 1. The Bertz CT molecular complexity index is 661. The van der Waals surface area contributed by atoms with E-state index in [1.807, 2.05) is 6.08 Å². The molecule has 116 valence electrons. The minimum absolute atomic E-state index is 0.254. The first-order valence-electron chi connectivity index (χ1n) is 7.75. The van der Waals surface area contributed by atoms with Gasteiger partial charge in [-0.05, 0) is 49.1 Å². The summed E-state index contributed by atoms with van der Waals surface area (Å²) in [7, 11) is 0. The highest BCUT2D eigenvalue weighted by molar-refractivity contribution is 6.31. The summed E-state index contributed by atoms with van der Waals surface area (Å²) in [4.78, 5) is 2.32. The van der Waals surface area contributed by atoms with E-state index >= 15 is 0 Å². The number of para-hydroxylation sites is 1. The first-order valence-corrected chi connectivity index (χ1v) is 8.12. The van der Waals surface area contributed by atoms with Crippen LogP contribution in [0.3, 0.4) is 0 Å². The highest BCUT2D eigenvalue weighted by Gasteiger charge is 2.25. The lowest BCUT2D eigenvalue weighted by molar-refractivity contribution is 0.395. The van der Waals surface area contributed by atoms with Crippen LogP contribution in [0.1, 0.15) is 24.8 Å². The zero-order chi connectivity index (χ0) is 15.5. The Morgan fingerprint density at radius 2 is 2.05 bits per heavy atom. The Kier molecular flexibility index (Phi) is 4.55. The lowest BCUT2D eigenvalue weighted by atomic mass is 10.0. The van der Waals surface area contributed by atoms with Crippen molar-refractivity contribution in [3.05, 3.63) is 64.0 Å². The summed E-state index contributed by atoms with van der Waals surface area (Å²) in [6, 6.07) is 8.45. The van der Waals surface area contributed by atoms with Crippen molar-refractivity contribution >= 4 is 17.3 Å². The van der Waals surface area contributed by atoms with Crippen molar-refractivity contribution < 1.29 is 5.11 Å². The molecular formula is C18H21ClN2O. The van der Waals surface area contributed by atoms with E-state index in [0.717, 1.165) is 37.1 Å². The van der Waals surface area contributed by atoms with Crippen molar-refractivity contribution in [2.45, 2.75) is 25.7 Å². The van der Waals surface area contributed by atoms with Crippen LogP contribution in [0.25, 0.3) is 0 Å². The summed E-state index contributed by atoms with van der Waals surface area (Å²) in [5.41, 5.74) is 10.4. The molecule has 3 nitrogen and oxygen atoms in total. The fraction of sp³-hybridized carbons (Fsp3) is 0.333. The average Bonchev–Trinajstić information content (AvgIpc) is 2.67. The third-order valence-corrected chi connectivity index (χ3v) is 4.53. The van der Waals surface area contributed by atoms with E-state index in [2.05, 4.69) is 35.2 Å². The van der Waals surface area contributed by atoms with E-state index in [-0.39, 0.29) is 5.76 Å². The summed E-state index contributed by atoms with van der Waals surface area (Å²) >= 11 is 6.17. The van der Waals surface area contributed by atoms with Crippen LogP contribution in [0.5, 0.6) is 0 Å². The minimum atomic E-state index is 0.254. The van der Waals surface area contributed by atoms with Gasteiger partial charge >= 0.3 is 0 Å². The van der Waals surface area contributed by atoms with Gasteiger partial charge in [0.25, 0.3) is 0 Å². The van der Waals surface area contributed by atoms with Crippen LogP contribution in [0.15, 0.2) is 58.5 Å². The number of allylic oxidation sites excluding steroid dienone is 5. The van der Waals surface area contributed by atoms with Gasteiger partial charge in [-0.1, -0.05) is 35.9 Å². The molecule has 0 amide bonds. The van der Waals surface area contributed by atoms with Gasteiger partial charge in [-0.2, -0.15) is 0 Å². The largest absolute Gasteiger partial charge is 0.510 e. The lowest BCUT2D eigenvalue weighted by Gasteiger charge is -2.31. The van der Waals surface area contributed by atoms with E-state index < -0.39 is 0 Å². The Morgan fingerprint density at radius 1 is 1.23 bits per heavy atom. The summed E-state index contributed by atoms with van der Waals surface area (Å²) in [5, 5.41) is 10.4. The number of nitrogens with zero attached hydrogens (tertiary/aromatic N) is 1. The average molecular weight is 317 g/mol. The van der Waals surface area contributed by atoms with E-state index in [1.54, 1.807) is 0 Å². The maximum Gasteiger partial charge on any atom is 0.115 e. The fourth-order valence-electron chi connectivity index (χ4n) is 3.04. The molecule has 0 saturated carbocycles. The van der Waals surface area contributed by atoms with E-state index in [0.29, 0.717) is 18.0 Å². The second kappa shape index (κ2) is 6.59. The topological polar surface area (TPSA) is 49.5 Å². The highest BCUT2D eigenvalue weighted by atomic mass is 35.5. The molecule has 0 bridgehead atoms. The van der Waals surface area contributed by atoms with E-state index in [9.17, 15) is 5.11 Å². The quantitative estimate of drug-likeness (QED) is 0.825. The normalized spacial score (nSPS) is 17.5. The predicted octanol–water partition coefficient (Wildman–Crippen LogP) is 4.01. The van der Waals surface area contributed by atoms with Crippen molar-refractivity contribution in [1.29, 1.82) is 0 Å². The molecule has 0 aromatic heterocycles. The Morgan fingerprint density at radius 3 is 2.86 bits per heavy atom. The van der Waals surface area contributed by atoms with Gasteiger partial charge < -0.3 is 15.7 Å². The smallest absolute Gasteiger partial charge is 0.115 e. The van der Waals surface area contributed by atoms with Gasteiger partial charge in [0.15, 0.2) is 0 Å². The monoisotopic (exact) mass is 316 g/mol. The number of fused-ring (bicyclic) bond motifs is 2. The molecule has 1 aliphatic carbocycles. The van der Waals surface area contributed by atoms with Crippen LogP contribution in [-0.2, 0) is 6.42 Å². The van der Waals surface area contributed by atoms with E-state index in [4.69, 9.17) is 17.3 Å². The molecule has 0 unspecified atom stereocenters. The van der Waals surface area contributed by atoms with Crippen LogP contribution >= 0.6 is 11.6 Å². The van der Waals surface area contributed by atoms with Crippen molar-refractivity contribution in [3.8, 4) is 0 Å². The molecular weight excluding hydrogens is 296 g/mol. The molecule has 1 heterocycles. The summed E-state index contributed by atoms with van der Waals surface area (Å²) in [5.74, 6) is 0.254. The minimum Gasteiger partial charge on any atom is -0.510 e. The van der Waals surface area contributed by atoms with Crippen LogP contribution in [0, 0.1) is 0 Å². The van der Waals surface area contributed by atoms with Gasteiger partial charge in [0.05, 0.1) is 5.03 Å². The molecule has 1 aromatic carbocycles. The van der Waals surface area contributed by atoms with Crippen molar-refractivity contribution in [2.75, 3.05) is 18.0 Å². The molecule has 0 radical (unpaired) electrons. The zero-order valence-electron chi connectivity index (χ0n) is 12.6. The maximum absolute atomic E-state index is 9.95. The third kappa shape index (κ3) is 2.92. The van der Waals surface area contributed by atoms with Gasteiger partial charge in [0, 0.05) is 24.4 Å². The summed E-state index contributed by atoms with van der Waals surface area (Å²) in [6.07, 6.45) is 7.50. The molecule has 3 N–H and O–H groups in total. The second-order valence-electron chi connectivity index (χ2n) is 5.71. The van der Waals surface area contributed by atoms with E-state index in [1.165, 1.54) is 11.3 Å². The molecule has 3 rings (SSSR count). The standard InChI is InChI=1S/C18H21ClN2O/c19-15-12-17-14(11-18(15)22)8-7-13-5-1-2-6-16(13)21(17)10-4-3-9-20/h1-2,5-6,8,12,22H,3-4,7,9-11,20H2. The molecule has 0 atom stereocenters. The number of anilines is 1. The number of hydrogen-bond acceptors (Lipinski definition) is 3. The maximum atomic E-state index is 9.95. The summed E-state index contributed by atoms with van der Waals surface area (Å²) < 4.78 is 0. The van der Waals surface area contributed by atoms with Gasteiger partial charge in [-0.25, -0.2) is 0 Å². The van der Waals surface area contributed by atoms with Gasteiger partial charge in [0.2, 0.25) is 0 Å². The fourth-order valence-corrected chi connectivity index (χ4v) is 3.21. The van der Waals surface area contributed by atoms with Crippen molar-refractivity contribution in [3.63, 3.8) is 0 Å². The van der Waals surface area contributed by atoms with Crippen LogP contribution in [0.2, 0.25) is 0 Å². The molecule has 1 aromatic rings. The number of rotatable bonds is 4. The van der Waals surface area contributed by atoms with Crippen LogP contribution in [0.4, 0.5) is 5.69 Å². The first-order chi connectivity index (χ1) is 10.7. The molecule has 1 aliphatic heterocycles. The van der Waals surface area contributed by atoms with Gasteiger partial charge in [0.1, 0.15) is 5.76 Å². The number of aliphatic hydroxyl groups is 1. The Labute approximate surface area is 136 Å². The van der Waals surface area contributed by atoms with Crippen molar-refractivity contribution in [2.24, 2.45) is 5.73 Å². The number of hydrogen-bond donors (Lipinski definition) is 2. The lowest BCUT2D eigenvalue weighted by Crippen LogP contribution is -2.26. The SMILES string of the molecule is NCCCCN1C2=CC(Cl)=C(O)CC2=CCc2ccccc21. The highest BCUT2D eigenvalue weighted by Crippen LogP contribution is 2.38. The molecule has 4 heteroatoms. The van der Waals surface area contributed by atoms with Crippen molar-refractivity contribution in [1.82, 2.24) is 0 Å². The molecule has 0 fully saturated rings. The Hall–Kier alpha value is -1.71. The third-order valence-electron chi connectivity index (χ3n) is 4.20. The van der Waals surface area contributed by atoms with Gasteiger partial charge in [-0.15, -0.1) is 0 Å². The Balaban J connectivity index is 2.02. The number of unbranched alkanes of at least 4 members (excludes halogenated alkanes) is 1.